The summed E-state index contributed by atoms with van der Waals surface area (Å²) in [6.45, 7) is 7.05. The largest absolute Gasteiger partial charge is 0.493 e. The topological polar surface area (TPSA) is 92.2 Å². The smallest absolute Gasteiger partial charge is 0.462 e. The predicted octanol–water partition coefficient (Wildman–Crippen LogP) is 0.427. The highest BCUT2D eigenvalue weighted by Crippen LogP contribution is 2.39. The molecule has 1 saturated heterocycles. The molecule has 0 saturated carbocycles. The molecule has 0 aliphatic carbocycles. The molecule has 1 N–H and O–H groups in total. The lowest BCUT2D eigenvalue weighted by Gasteiger charge is -2.40. The van der Waals surface area contributed by atoms with Crippen LogP contribution in [0.15, 0.2) is 4.79 Å². The second-order valence-corrected chi connectivity index (χ2v) is 7.49. The number of rotatable bonds is 5. The van der Waals surface area contributed by atoms with Gasteiger partial charge in [-0.3, -0.25) is 14.3 Å². The van der Waals surface area contributed by atoms with Crippen LogP contribution in [0.4, 0.5) is 24.7 Å². The van der Waals surface area contributed by atoms with Crippen molar-refractivity contribution in [3.05, 3.63) is 10.4 Å². The van der Waals surface area contributed by atoms with Gasteiger partial charge in [0.25, 0.3) is 5.56 Å². The van der Waals surface area contributed by atoms with E-state index in [2.05, 4.69) is 22.1 Å². The SMILES string of the molecule is CC#CCN1c2c(nc(OC(C)C)n(C)c2=O)N(OC(=O)C(F)(F)F)C1N1CCNCC1. The molecule has 0 amide bonds. The molecule has 0 aromatic carbocycles. The number of hydrogen-bond acceptors (Lipinski definition) is 9. The van der Waals surface area contributed by atoms with Crippen molar-refractivity contribution in [2.75, 3.05) is 42.7 Å². The minimum Gasteiger partial charge on any atom is -0.462 e. The fraction of sp³-hybridized carbons (Fsp3) is 0.632. The zero-order valence-electron chi connectivity index (χ0n) is 18.2. The van der Waals surface area contributed by atoms with Crippen molar-refractivity contribution < 1.29 is 27.5 Å². The standard InChI is InChI=1S/C19H25F3N6O4/c1-5-6-9-27-13-14(24-17(31-12(2)3)25(4)15(13)29)28(32-16(30)19(20,21)22)18(27)26-10-7-23-8-11-26/h12,18,23H,7-11H2,1-4H3. The van der Waals surface area contributed by atoms with E-state index in [1.807, 2.05) is 0 Å². The number of hydrogen-bond donors (Lipinski definition) is 1. The first kappa shape index (κ1) is 23.7. The second-order valence-electron chi connectivity index (χ2n) is 7.49. The summed E-state index contributed by atoms with van der Waals surface area (Å²) < 4.78 is 45.9. The van der Waals surface area contributed by atoms with Crippen LogP contribution in [0.5, 0.6) is 6.01 Å². The zero-order valence-corrected chi connectivity index (χ0v) is 18.2. The molecule has 176 valence electrons. The Morgan fingerprint density at radius 1 is 1.31 bits per heavy atom. The van der Waals surface area contributed by atoms with Crippen LogP contribution in [-0.2, 0) is 16.7 Å². The number of nitrogens with zero attached hydrogens (tertiary/aromatic N) is 5. The van der Waals surface area contributed by atoms with Crippen LogP contribution in [0.1, 0.15) is 20.8 Å². The minimum absolute atomic E-state index is 0.0134. The lowest BCUT2D eigenvalue weighted by Crippen LogP contribution is -2.61. The molecule has 0 spiro atoms. The Bertz CT molecular complexity index is 978. The number of carbonyl (C=O) groups excluding carboxylic acids is 1. The molecular weight excluding hydrogens is 433 g/mol. The maximum absolute atomic E-state index is 13.2. The number of hydroxylamine groups is 1. The van der Waals surface area contributed by atoms with E-state index in [1.165, 1.54) is 11.9 Å². The first-order valence-corrected chi connectivity index (χ1v) is 10.0. The normalized spacial score (nSPS) is 18.9. The van der Waals surface area contributed by atoms with E-state index in [0.717, 1.165) is 9.63 Å². The number of aromatic nitrogens is 2. The van der Waals surface area contributed by atoms with Crippen LogP contribution in [0.2, 0.25) is 0 Å². The number of halogens is 3. The van der Waals surface area contributed by atoms with Crippen LogP contribution in [0.3, 0.4) is 0 Å². The van der Waals surface area contributed by atoms with Crippen molar-refractivity contribution in [3.8, 4) is 17.9 Å². The van der Waals surface area contributed by atoms with Gasteiger partial charge in [-0.25, -0.2) is 4.79 Å². The molecule has 2 aliphatic heterocycles. The van der Waals surface area contributed by atoms with Crippen LogP contribution < -0.4 is 25.6 Å². The minimum atomic E-state index is -5.23. The van der Waals surface area contributed by atoms with Gasteiger partial charge < -0.3 is 19.8 Å². The van der Waals surface area contributed by atoms with Gasteiger partial charge in [-0.1, -0.05) is 5.92 Å². The quantitative estimate of drug-likeness (QED) is 0.631. The number of nitrogens with one attached hydrogen (secondary N) is 1. The second kappa shape index (κ2) is 9.25. The van der Waals surface area contributed by atoms with Gasteiger partial charge in [-0.05, 0) is 20.8 Å². The Labute approximate surface area is 182 Å². The molecule has 2 aliphatic rings. The average Bonchev–Trinajstić information content (AvgIpc) is 3.02. The molecule has 1 aromatic heterocycles. The highest BCUT2D eigenvalue weighted by Gasteiger charge is 2.50. The Kier molecular flexibility index (Phi) is 6.85. The van der Waals surface area contributed by atoms with Gasteiger partial charge >= 0.3 is 18.2 Å². The fourth-order valence-electron chi connectivity index (χ4n) is 3.45. The summed E-state index contributed by atoms with van der Waals surface area (Å²) in [5.41, 5.74) is -0.584. The molecule has 32 heavy (non-hydrogen) atoms. The summed E-state index contributed by atoms with van der Waals surface area (Å²) in [4.78, 5) is 37.3. The zero-order chi connectivity index (χ0) is 23.6. The van der Waals surface area contributed by atoms with E-state index in [9.17, 15) is 22.8 Å². The van der Waals surface area contributed by atoms with E-state index in [4.69, 9.17) is 9.57 Å². The van der Waals surface area contributed by atoms with Gasteiger partial charge in [-0.2, -0.15) is 18.2 Å². The first-order valence-electron chi connectivity index (χ1n) is 10.0. The summed E-state index contributed by atoms with van der Waals surface area (Å²) in [5.74, 6) is 2.90. The average molecular weight is 458 g/mol. The van der Waals surface area contributed by atoms with E-state index < -0.39 is 24.0 Å². The molecule has 3 rings (SSSR count). The van der Waals surface area contributed by atoms with Gasteiger partial charge in [0.15, 0.2) is 12.0 Å². The highest BCUT2D eigenvalue weighted by molar-refractivity contribution is 5.80. The third-order valence-corrected chi connectivity index (χ3v) is 4.85. The van der Waals surface area contributed by atoms with Crippen molar-refractivity contribution in [2.45, 2.75) is 39.3 Å². The molecule has 13 heteroatoms. The maximum atomic E-state index is 13.2. The monoisotopic (exact) mass is 458 g/mol. The molecule has 0 bridgehead atoms. The highest BCUT2D eigenvalue weighted by atomic mass is 19.4. The Balaban J connectivity index is 2.18. The van der Waals surface area contributed by atoms with Gasteiger partial charge in [-0.15, -0.1) is 11.0 Å². The van der Waals surface area contributed by atoms with Crippen molar-refractivity contribution in [2.24, 2.45) is 7.05 Å². The van der Waals surface area contributed by atoms with Crippen LogP contribution in [0, 0.1) is 11.8 Å². The molecule has 1 atom stereocenters. The molecule has 1 fully saturated rings. The van der Waals surface area contributed by atoms with E-state index >= 15 is 0 Å². The van der Waals surface area contributed by atoms with Crippen molar-refractivity contribution in [1.29, 1.82) is 0 Å². The van der Waals surface area contributed by atoms with E-state index in [-0.39, 0.29) is 30.2 Å². The third kappa shape index (κ3) is 4.61. The lowest BCUT2D eigenvalue weighted by molar-refractivity contribution is -0.203. The maximum Gasteiger partial charge on any atom is 0.493 e. The molecule has 1 unspecified atom stereocenters. The fourth-order valence-corrected chi connectivity index (χ4v) is 3.45. The molecule has 10 nitrogen and oxygen atoms in total. The lowest BCUT2D eigenvalue weighted by atomic mass is 10.3. The Hall–Kier alpha value is -2.98. The summed E-state index contributed by atoms with van der Waals surface area (Å²) in [5, 5.41) is 3.89. The summed E-state index contributed by atoms with van der Waals surface area (Å²) >= 11 is 0. The first-order chi connectivity index (χ1) is 15.1. The Morgan fingerprint density at radius 3 is 2.53 bits per heavy atom. The van der Waals surface area contributed by atoms with Crippen LogP contribution in [-0.4, -0.2) is 71.7 Å². The number of carbonyl (C=O) groups is 1. The number of piperazine rings is 1. The molecule has 0 radical (unpaired) electrons. The molecule has 3 heterocycles. The van der Waals surface area contributed by atoms with E-state index in [0.29, 0.717) is 26.2 Å². The number of alkyl halides is 3. The summed E-state index contributed by atoms with van der Waals surface area (Å²) in [6.07, 6.45) is -6.62. The third-order valence-electron chi connectivity index (χ3n) is 4.85. The van der Waals surface area contributed by atoms with E-state index in [1.54, 1.807) is 25.7 Å². The van der Waals surface area contributed by atoms with Crippen molar-refractivity contribution in [3.63, 3.8) is 0 Å². The molecular formula is C19H25F3N6O4. The van der Waals surface area contributed by atoms with Crippen molar-refractivity contribution in [1.82, 2.24) is 19.8 Å². The number of anilines is 2. The van der Waals surface area contributed by atoms with Gasteiger partial charge in [0.1, 0.15) is 0 Å². The van der Waals surface area contributed by atoms with Crippen molar-refractivity contribution >= 4 is 17.5 Å². The van der Waals surface area contributed by atoms with Gasteiger partial charge in [0.05, 0.1) is 12.6 Å². The number of ether oxygens (including phenoxy) is 1. The van der Waals surface area contributed by atoms with Crippen LogP contribution in [0.25, 0.3) is 0 Å². The molecule has 1 aromatic rings. The van der Waals surface area contributed by atoms with Crippen LogP contribution >= 0.6 is 0 Å². The summed E-state index contributed by atoms with van der Waals surface area (Å²) in [6, 6.07) is -0.112. The summed E-state index contributed by atoms with van der Waals surface area (Å²) in [7, 11) is 1.45. The predicted molar refractivity (Wildman–Crippen MR) is 109 cm³/mol. The Morgan fingerprint density at radius 2 is 1.97 bits per heavy atom. The van der Waals surface area contributed by atoms with Gasteiger partial charge in [0, 0.05) is 33.2 Å². The number of fused-ring (bicyclic) bond motifs is 1. The van der Waals surface area contributed by atoms with Gasteiger partial charge in [0.2, 0.25) is 5.82 Å².